The molecular formula is C9H17NO5S. The minimum absolute atomic E-state index is 0.101. The molecule has 7 heteroatoms. The average molecular weight is 251 g/mol. The first-order chi connectivity index (χ1) is 7.26. The standard InChI is InChI=1S/C9H17NO5S/c1-6(11)8-3-4-10(5-8)16(14,15)7(2)9(12)13/h6-8,11H,3-5H2,1-2H3,(H,12,13). The van der Waals surface area contributed by atoms with Gasteiger partial charge in [-0.3, -0.25) is 4.79 Å². The van der Waals surface area contributed by atoms with Crippen molar-refractivity contribution in [3.63, 3.8) is 0 Å². The second-order valence-corrected chi connectivity index (χ2v) is 6.43. The Balaban J connectivity index is 2.77. The lowest BCUT2D eigenvalue weighted by atomic mass is 10.0. The Kier molecular flexibility index (Phi) is 3.92. The molecule has 0 aromatic rings. The van der Waals surface area contributed by atoms with Crippen molar-refractivity contribution in [2.45, 2.75) is 31.6 Å². The van der Waals surface area contributed by atoms with E-state index in [0.717, 1.165) is 11.2 Å². The highest BCUT2D eigenvalue weighted by atomic mass is 32.2. The Morgan fingerprint density at radius 1 is 1.44 bits per heavy atom. The number of aliphatic carboxylic acids is 1. The fraction of sp³-hybridized carbons (Fsp3) is 0.889. The maximum absolute atomic E-state index is 11.8. The summed E-state index contributed by atoms with van der Waals surface area (Å²) in [6.07, 6.45) is 0.00352. The van der Waals surface area contributed by atoms with Gasteiger partial charge in [0.1, 0.15) is 0 Å². The summed E-state index contributed by atoms with van der Waals surface area (Å²) >= 11 is 0. The summed E-state index contributed by atoms with van der Waals surface area (Å²) in [7, 11) is -3.78. The van der Waals surface area contributed by atoms with Crippen molar-refractivity contribution in [3.05, 3.63) is 0 Å². The van der Waals surface area contributed by atoms with Crippen molar-refractivity contribution < 1.29 is 23.4 Å². The first-order valence-electron chi connectivity index (χ1n) is 5.16. The van der Waals surface area contributed by atoms with Crippen molar-refractivity contribution in [1.29, 1.82) is 0 Å². The lowest BCUT2D eigenvalue weighted by Gasteiger charge is -2.19. The number of hydrogen-bond donors (Lipinski definition) is 2. The fourth-order valence-electron chi connectivity index (χ4n) is 1.73. The number of sulfonamides is 1. The largest absolute Gasteiger partial charge is 0.480 e. The molecule has 1 aliphatic rings. The van der Waals surface area contributed by atoms with E-state index in [4.69, 9.17) is 5.11 Å². The number of aliphatic hydroxyl groups is 1. The van der Waals surface area contributed by atoms with Gasteiger partial charge in [-0.15, -0.1) is 0 Å². The molecule has 1 rings (SSSR count). The molecule has 3 atom stereocenters. The molecule has 0 radical (unpaired) electrons. The summed E-state index contributed by atoms with van der Waals surface area (Å²) in [4.78, 5) is 10.7. The van der Waals surface area contributed by atoms with Crippen LogP contribution in [0.2, 0.25) is 0 Å². The van der Waals surface area contributed by atoms with Crippen LogP contribution in [0.3, 0.4) is 0 Å². The van der Waals surface area contributed by atoms with Gasteiger partial charge in [0, 0.05) is 13.1 Å². The van der Waals surface area contributed by atoms with Gasteiger partial charge < -0.3 is 10.2 Å². The smallest absolute Gasteiger partial charge is 0.323 e. The number of hydrogen-bond acceptors (Lipinski definition) is 4. The number of rotatable bonds is 4. The molecule has 0 aromatic carbocycles. The van der Waals surface area contributed by atoms with E-state index in [0.29, 0.717) is 6.42 Å². The van der Waals surface area contributed by atoms with Crippen molar-refractivity contribution >= 4 is 16.0 Å². The monoisotopic (exact) mass is 251 g/mol. The second-order valence-electron chi connectivity index (χ2n) is 4.17. The predicted octanol–water partition coefficient (Wildman–Crippen LogP) is -0.508. The van der Waals surface area contributed by atoms with Gasteiger partial charge in [-0.2, -0.15) is 0 Å². The highest BCUT2D eigenvalue weighted by molar-refractivity contribution is 7.90. The summed E-state index contributed by atoms with van der Waals surface area (Å²) in [6.45, 7) is 3.27. The maximum Gasteiger partial charge on any atom is 0.323 e. The van der Waals surface area contributed by atoms with E-state index in [-0.39, 0.29) is 19.0 Å². The van der Waals surface area contributed by atoms with E-state index in [2.05, 4.69) is 0 Å². The third-order valence-electron chi connectivity index (χ3n) is 3.02. The lowest BCUT2D eigenvalue weighted by Crippen LogP contribution is -2.40. The fourth-order valence-corrected chi connectivity index (χ4v) is 3.19. The van der Waals surface area contributed by atoms with Crippen LogP contribution in [0.1, 0.15) is 20.3 Å². The van der Waals surface area contributed by atoms with Gasteiger partial charge >= 0.3 is 5.97 Å². The molecule has 3 unspecified atom stereocenters. The van der Waals surface area contributed by atoms with Crippen LogP contribution in [0.4, 0.5) is 0 Å². The van der Waals surface area contributed by atoms with E-state index >= 15 is 0 Å². The van der Waals surface area contributed by atoms with E-state index in [1.807, 2.05) is 0 Å². The molecular weight excluding hydrogens is 234 g/mol. The van der Waals surface area contributed by atoms with Crippen LogP contribution >= 0.6 is 0 Å². The van der Waals surface area contributed by atoms with Gasteiger partial charge in [-0.25, -0.2) is 12.7 Å². The molecule has 0 bridgehead atoms. The van der Waals surface area contributed by atoms with Crippen LogP contribution in [0.5, 0.6) is 0 Å². The molecule has 6 nitrogen and oxygen atoms in total. The zero-order chi connectivity index (χ0) is 12.5. The van der Waals surface area contributed by atoms with E-state index in [1.165, 1.54) is 0 Å². The number of aliphatic hydroxyl groups excluding tert-OH is 1. The number of carbonyl (C=O) groups is 1. The summed E-state index contributed by atoms with van der Waals surface area (Å²) < 4.78 is 24.8. The molecule has 1 fully saturated rings. The van der Waals surface area contributed by atoms with Gasteiger partial charge in [0.15, 0.2) is 5.25 Å². The Hall–Kier alpha value is -0.660. The van der Waals surface area contributed by atoms with Crippen LogP contribution in [0, 0.1) is 5.92 Å². The van der Waals surface area contributed by atoms with Gasteiger partial charge in [-0.05, 0) is 26.2 Å². The molecule has 0 aromatic heterocycles. The molecule has 2 N–H and O–H groups in total. The maximum atomic E-state index is 11.8. The Labute approximate surface area is 94.9 Å². The predicted molar refractivity (Wildman–Crippen MR) is 57.4 cm³/mol. The Bertz CT molecular complexity index is 364. The molecule has 0 spiro atoms. The number of carboxylic acid groups (broad SMARTS) is 1. The van der Waals surface area contributed by atoms with E-state index < -0.39 is 27.3 Å². The molecule has 1 saturated heterocycles. The first kappa shape index (κ1) is 13.4. The zero-order valence-electron chi connectivity index (χ0n) is 9.33. The van der Waals surface area contributed by atoms with E-state index in [9.17, 15) is 18.3 Å². The Morgan fingerprint density at radius 3 is 2.38 bits per heavy atom. The summed E-state index contributed by atoms with van der Waals surface area (Å²) in [5.41, 5.74) is 0. The molecule has 0 aliphatic carbocycles. The average Bonchev–Trinajstić information content (AvgIpc) is 2.65. The third kappa shape index (κ3) is 2.53. The molecule has 94 valence electrons. The van der Waals surface area contributed by atoms with Crippen LogP contribution in [-0.4, -0.2) is 53.3 Å². The van der Waals surface area contributed by atoms with Gasteiger partial charge in [0.2, 0.25) is 10.0 Å². The van der Waals surface area contributed by atoms with Crippen LogP contribution in [-0.2, 0) is 14.8 Å². The normalized spacial score (nSPS) is 26.6. The van der Waals surface area contributed by atoms with Gasteiger partial charge in [0.25, 0.3) is 0 Å². The Morgan fingerprint density at radius 2 is 2.00 bits per heavy atom. The summed E-state index contributed by atoms with van der Waals surface area (Å²) in [5.74, 6) is -1.45. The number of carboxylic acids is 1. The minimum Gasteiger partial charge on any atom is -0.480 e. The third-order valence-corrected chi connectivity index (χ3v) is 5.17. The van der Waals surface area contributed by atoms with Crippen LogP contribution < -0.4 is 0 Å². The summed E-state index contributed by atoms with van der Waals surface area (Å²) in [6, 6.07) is 0. The van der Waals surface area contributed by atoms with Crippen molar-refractivity contribution in [3.8, 4) is 0 Å². The molecule has 1 aliphatic heterocycles. The zero-order valence-corrected chi connectivity index (χ0v) is 10.1. The SMILES string of the molecule is CC(O)C1CCN(S(=O)(=O)C(C)C(=O)O)C1. The quantitative estimate of drug-likeness (QED) is 0.702. The van der Waals surface area contributed by atoms with Crippen LogP contribution in [0.25, 0.3) is 0 Å². The highest BCUT2D eigenvalue weighted by Gasteiger charge is 2.39. The topological polar surface area (TPSA) is 94.9 Å². The lowest BCUT2D eigenvalue weighted by molar-refractivity contribution is -0.136. The van der Waals surface area contributed by atoms with Gasteiger partial charge in [-0.1, -0.05) is 0 Å². The summed E-state index contributed by atoms with van der Waals surface area (Å²) in [5, 5.41) is 16.6. The highest BCUT2D eigenvalue weighted by Crippen LogP contribution is 2.24. The van der Waals surface area contributed by atoms with Crippen molar-refractivity contribution in [2.24, 2.45) is 5.92 Å². The second kappa shape index (κ2) is 4.68. The van der Waals surface area contributed by atoms with E-state index in [1.54, 1.807) is 6.92 Å². The molecule has 0 saturated carbocycles. The minimum atomic E-state index is -3.78. The van der Waals surface area contributed by atoms with Gasteiger partial charge in [0.05, 0.1) is 6.10 Å². The number of nitrogens with zero attached hydrogens (tertiary/aromatic N) is 1. The van der Waals surface area contributed by atoms with Crippen molar-refractivity contribution in [2.75, 3.05) is 13.1 Å². The van der Waals surface area contributed by atoms with Crippen molar-refractivity contribution in [1.82, 2.24) is 4.31 Å². The molecule has 1 heterocycles. The van der Waals surface area contributed by atoms with Crippen LogP contribution in [0.15, 0.2) is 0 Å². The molecule has 16 heavy (non-hydrogen) atoms. The molecule has 0 amide bonds. The first-order valence-corrected chi connectivity index (χ1v) is 6.67.